The first-order valence-electron chi connectivity index (χ1n) is 8.15. The fourth-order valence-electron chi connectivity index (χ4n) is 2.08. The molecule has 7 heteroatoms. The Morgan fingerprint density at radius 3 is 2.37 bits per heavy atom. The number of nitrogens with two attached hydrogens (primary N) is 1. The van der Waals surface area contributed by atoms with Crippen LogP contribution in [0.5, 0.6) is 5.75 Å². The van der Waals surface area contributed by atoms with Crippen LogP contribution in [0.4, 0.5) is 0 Å². The molecule has 27 heavy (non-hydrogen) atoms. The second-order valence-corrected chi connectivity index (χ2v) is 5.33. The number of benzene rings is 2. The van der Waals surface area contributed by atoms with E-state index in [0.717, 1.165) is 0 Å². The fraction of sp³-hybridized carbons (Fsp3) is 0.150. The van der Waals surface area contributed by atoms with Gasteiger partial charge in [0, 0.05) is 5.56 Å². The van der Waals surface area contributed by atoms with E-state index in [1.165, 1.54) is 0 Å². The van der Waals surface area contributed by atoms with E-state index in [1.807, 2.05) is 0 Å². The highest BCUT2D eigenvalue weighted by Gasteiger charge is 2.07. The van der Waals surface area contributed by atoms with Gasteiger partial charge in [0.15, 0.2) is 0 Å². The van der Waals surface area contributed by atoms with Gasteiger partial charge in [0.1, 0.15) is 12.4 Å². The van der Waals surface area contributed by atoms with Crippen molar-refractivity contribution in [1.29, 1.82) is 0 Å². The number of hydrogen-bond donors (Lipinski definition) is 3. The molecular formula is C20H19N3O4. The summed E-state index contributed by atoms with van der Waals surface area (Å²) in [4.78, 5) is 34.7. The summed E-state index contributed by atoms with van der Waals surface area (Å²) in [5, 5.41) is 5.08. The van der Waals surface area contributed by atoms with Gasteiger partial charge < -0.3 is 21.1 Å². The number of primary amides is 1. The van der Waals surface area contributed by atoms with Gasteiger partial charge in [0.2, 0.25) is 5.91 Å². The molecule has 2 aromatic carbocycles. The van der Waals surface area contributed by atoms with E-state index >= 15 is 0 Å². The number of carbonyl (C=O) groups excluding carboxylic acids is 3. The van der Waals surface area contributed by atoms with Crippen molar-refractivity contribution >= 4 is 17.7 Å². The summed E-state index contributed by atoms with van der Waals surface area (Å²) in [7, 11) is 0. The van der Waals surface area contributed by atoms with Crippen LogP contribution in [0.2, 0.25) is 0 Å². The minimum Gasteiger partial charge on any atom is -0.480 e. The Kier molecular flexibility index (Phi) is 7.42. The maximum absolute atomic E-state index is 11.8. The van der Waals surface area contributed by atoms with E-state index < -0.39 is 5.91 Å². The lowest BCUT2D eigenvalue weighted by molar-refractivity contribution is -0.119. The summed E-state index contributed by atoms with van der Waals surface area (Å²) in [6.07, 6.45) is 0. The molecule has 0 saturated carbocycles. The molecule has 0 saturated heterocycles. The SMILES string of the molecule is NC(=O)c1ccccc1OCC#CCNC(=O)CNC(=O)c1ccccc1. The first-order chi connectivity index (χ1) is 13.1. The molecule has 0 fully saturated rings. The van der Waals surface area contributed by atoms with Crippen LogP contribution in [0.25, 0.3) is 0 Å². The molecule has 0 aliphatic heterocycles. The Balaban J connectivity index is 1.67. The highest BCUT2D eigenvalue weighted by molar-refractivity contribution is 5.96. The zero-order valence-electron chi connectivity index (χ0n) is 14.5. The van der Waals surface area contributed by atoms with E-state index in [0.29, 0.717) is 11.3 Å². The van der Waals surface area contributed by atoms with Gasteiger partial charge in [-0.05, 0) is 24.3 Å². The van der Waals surface area contributed by atoms with Crippen molar-refractivity contribution in [2.24, 2.45) is 5.73 Å². The zero-order valence-corrected chi connectivity index (χ0v) is 14.5. The Hall–Kier alpha value is -3.79. The molecule has 0 heterocycles. The third-order valence-corrected chi connectivity index (χ3v) is 3.40. The highest BCUT2D eigenvalue weighted by atomic mass is 16.5. The van der Waals surface area contributed by atoms with Gasteiger partial charge >= 0.3 is 0 Å². The van der Waals surface area contributed by atoms with Crippen molar-refractivity contribution < 1.29 is 19.1 Å². The number of ether oxygens (including phenoxy) is 1. The van der Waals surface area contributed by atoms with Gasteiger partial charge in [-0.2, -0.15) is 0 Å². The van der Waals surface area contributed by atoms with Gasteiger partial charge in [0.25, 0.3) is 11.8 Å². The van der Waals surface area contributed by atoms with Crippen LogP contribution in [0.3, 0.4) is 0 Å². The van der Waals surface area contributed by atoms with Gasteiger partial charge in [-0.1, -0.05) is 42.2 Å². The van der Waals surface area contributed by atoms with Crippen LogP contribution in [0.15, 0.2) is 54.6 Å². The minimum atomic E-state index is -0.580. The van der Waals surface area contributed by atoms with Crippen molar-refractivity contribution in [3.63, 3.8) is 0 Å². The Bertz CT molecular complexity index is 870. The van der Waals surface area contributed by atoms with E-state index in [9.17, 15) is 14.4 Å². The van der Waals surface area contributed by atoms with Crippen LogP contribution in [-0.4, -0.2) is 37.4 Å². The molecule has 0 aliphatic carbocycles. The van der Waals surface area contributed by atoms with E-state index in [4.69, 9.17) is 10.5 Å². The largest absolute Gasteiger partial charge is 0.480 e. The first kappa shape index (κ1) is 19.5. The maximum Gasteiger partial charge on any atom is 0.252 e. The molecule has 0 atom stereocenters. The van der Waals surface area contributed by atoms with Crippen molar-refractivity contribution in [1.82, 2.24) is 10.6 Å². The van der Waals surface area contributed by atoms with Gasteiger partial charge in [0.05, 0.1) is 18.7 Å². The third kappa shape index (κ3) is 6.55. The third-order valence-electron chi connectivity index (χ3n) is 3.40. The van der Waals surface area contributed by atoms with Gasteiger partial charge in [-0.25, -0.2) is 0 Å². The first-order valence-corrected chi connectivity index (χ1v) is 8.15. The predicted octanol–water partition coefficient (Wildman–Crippen LogP) is 0.714. The molecule has 0 bridgehead atoms. The number of nitrogens with one attached hydrogen (secondary N) is 2. The minimum absolute atomic E-state index is 0.0465. The topological polar surface area (TPSA) is 111 Å². The molecule has 0 aliphatic rings. The zero-order chi connectivity index (χ0) is 19.5. The lowest BCUT2D eigenvalue weighted by atomic mass is 10.2. The molecule has 2 aromatic rings. The van der Waals surface area contributed by atoms with E-state index in [2.05, 4.69) is 22.5 Å². The number of rotatable bonds is 7. The molecule has 3 amide bonds. The molecule has 4 N–H and O–H groups in total. The molecule has 138 valence electrons. The highest BCUT2D eigenvalue weighted by Crippen LogP contribution is 2.16. The second-order valence-electron chi connectivity index (χ2n) is 5.33. The fourth-order valence-corrected chi connectivity index (χ4v) is 2.08. The van der Waals surface area contributed by atoms with Crippen LogP contribution in [-0.2, 0) is 4.79 Å². The van der Waals surface area contributed by atoms with Crippen LogP contribution >= 0.6 is 0 Å². The summed E-state index contributed by atoms with van der Waals surface area (Å²) < 4.78 is 5.39. The Labute approximate surface area is 156 Å². The molecule has 0 spiro atoms. The molecule has 7 nitrogen and oxygen atoms in total. The Morgan fingerprint density at radius 2 is 1.63 bits per heavy atom. The molecule has 0 unspecified atom stereocenters. The van der Waals surface area contributed by atoms with Crippen LogP contribution < -0.4 is 21.1 Å². The molecular weight excluding hydrogens is 346 g/mol. The predicted molar refractivity (Wildman–Crippen MR) is 100 cm³/mol. The van der Waals surface area contributed by atoms with Crippen LogP contribution in [0.1, 0.15) is 20.7 Å². The van der Waals surface area contributed by atoms with E-state index in [1.54, 1.807) is 54.6 Å². The van der Waals surface area contributed by atoms with Gasteiger partial charge in [-0.15, -0.1) is 0 Å². The maximum atomic E-state index is 11.8. The quantitative estimate of drug-likeness (QED) is 0.628. The molecule has 2 rings (SSSR count). The number of hydrogen-bond acceptors (Lipinski definition) is 4. The Morgan fingerprint density at radius 1 is 0.926 bits per heavy atom. The average molecular weight is 365 g/mol. The van der Waals surface area contributed by atoms with Gasteiger partial charge in [-0.3, -0.25) is 14.4 Å². The lowest BCUT2D eigenvalue weighted by Crippen LogP contribution is -2.37. The number of amides is 3. The monoisotopic (exact) mass is 365 g/mol. The van der Waals surface area contributed by atoms with Crippen LogP contribution in [0, 0.1) is 11.8 Å². The summed E-state index contributed by atoms with van der Waals surface area (Å²) in [6.45, 7) is 0.0175. The normalized spacial score (nSPS) is 9.48. The van der Waals surface area contributed by atoms with Crippen molar-refractivity contribution in [2.45, 2.75) is 0 Å². The number of para-hydroxylation sites is 1. The summed E-state index contributed by atoms with van der Waals surface area (Å²) in [5.74, 6) is 4.54. The molecule has 0 aromatic heterocycles. The summed E-state index contributed by atoms with van der Waals surface area (Å²) in [6, 6.07) is 15.2. The standard InChI is InChI=1S/C20H19N3O4/c21-19(25)16-10-4-5-11-17(16)27-13-7-6-12-22-18(24)14-23-20(26)15-8-2-1-3-9-15/h1-5,8-11H,12-14H2,(H2,21,25)(H,22,24)(H,23,26). The number of carbonyl (C=O) groups is 3. The van der Waals surface area contributed by atoms with Crippen molar-refractivity contribution in [3.8, 4) is 17.6 Å². The summed E-state index contributed by atoms with van der Waals surface area (Å²) in [5.41, 5.74) is 6.02. The smallest absolute Gasteiger partial charge is 0.252 e. The lowest BCUT2D eigenvalue weighted by Gasteiger charge is -2.06. The molecule has 0 radical (unpaired) electrons. The van der Waals surface area contributed by atoms with Crippen molar-refractivity contribution in [3.05, 3.63) is 65.7 Å². The second kappa shape index (κ2) is 10.3. The summed E-state index contributed by atoms with van der Waals surface area (Å²) >= 11 is 0. The van der Waals surface area contributed by atoms with E-state index in [-0.39, 0.29) is 37.1 Å². The van der Waals surface area contributed by atoms with Crippen molar-refractivity contribution in [2.75, 3.05) is 19.7 Å². The average Bonchev–Trinajstić information content (AvgIpc) is 2.69.